The summed E-state index contributed by atoms with van der Waals surface area (Å²) >= 11 is 13.5. The molecule has 0 fully saturated rings. The number of fused-ring (bicyclic) bond motifs is 1. The maximum atomic E-state index is 12.3. The van der Waals surface area contributed by atoms with E-state index >= 15 is 0 Å². The molecule has 4 nitrogen and oxygen atoms in total. The molecule has 0 saturated heterocycles. The van der Waals surface area contributed by atoms with Crippen molar-refractivity contribution < 1.29 is 9.59 Å². The van der Waals surface area contributed by atoms with Gasteiger partial charge >= 0.3 is 0 Å². The Labute approximate surface area is 166 Å². The quantitative estimate of drug-likeness (QED) is 0.703. The molecule has 7 heteroatoms. The monoisotopic (exact) mass is 408 g/mol. The number of hydrogen-bond donors (Lipinski definition) is 2. The van der Waals surface area contributed by atoms with Gasteiger partial charge in [0.05, 0.1) is 5.56 Å². The topological polar surface area (TPSA) is 58.2 Å². The number of anilines is 1. The van der Waals surface area contributed by atoms with Crippen molar-refractivity contribution in [3.05, 3.63) is 55.9 Å². The Hall–Kier alpha value is -1.82. The average molecular weight is 409 g/mol. The second-order valence-corrected chi connectivity index (χ2v) is 7.93. The standard InChI is InChI=1S/C19H18Cl2N2O2S/c1-22-18(25)17-13-4-2-3-5-15(13)26-19(17)23-16(24)9-7-11-6-8-12(20)10-14(11)21/h6-10H,2-5H2,1H3,(H,22,25)(H,23,24)/b9-7+. The van der Waals surface area contributed by atoms with Crippen LogP contribution in [0.15, 0.2) is 24.3 Å². The van der Waals surface area contributed by atoms with E-state index in [4.69, 9.17) is 23.2 Å². The Morgan fingerprint density at radius 2 is 1.96 bits per heavy atom. The number of carbonyl (C=O) groups excluding carboxylic acids is 2. The van der Waals surface area contributed by atoms with Crippen LogP contribution < -0.4 is 10.6 Å². The molecule has 0 radical (unpaired) electrons. The lowest BCUT2D eigenvalue weighted by atomic mass is 9.95. The van der Waals surface area contributed by atoms with Gasteiger partial charge in [-0.3, -0.25) is 9.59 Å². The fraction of sp³-hybridized carbons (Fsp3) is 0.263. The van der Waals surface area contributed by atoms with Crippen molar-refractivity contribution in [1.82, 2.24) is 5.32 Å². The first-order valence-electron chi connectivity index (χ1n) is 8.30. The van der Waals surface area contributed by atoms with Gasteiger partial charge in [0.25, 0.3) is 5.91 Å². The lowest BCUT2D eigenvalue weighted by Gasteiger charge is -2.12. The molecule has 1 aliphatic carbocycles. The van der Waals surface area contributed by atoms with E-state index in [2.05, 4.69) is 10.6 Å². The van der Waals surface area contributed by atoms with Gasteiger partial charge in [0, 0.05) is 28.0 Å². The maximum Gasteiger partial charge on any atom is 0.254 e. The summed E-state index contributed by atoms with van der Waals surface area (Å²) in [5, 5.41) is 7.13. The zero-order valence-electron chi connectivity index (χ0n) is 14.2. The van der Waals surface area contributed by atoms with Crippen molar-refractivity contribution in [3.8, 4) is 0 Å². The molecule has 1 aromatic heterocycles. The van der Waals surface area contributed by atoms with Gasteiger partial charge < -0.3 is 10.6 Å². The van der Waals surface area contributed by atoms with Crippen LogP contribution in [-0.4, -0.2) is 18.9 Å². The van der Waals surface area contributed by atoms with E-state index in [1.54, 1.807) is 31.3 Å². The summed E-state index contributed by atoms with van der Waals surface area (Å²) in [5.74, 6) is -0.468. The van der Waals surface area contributed by atoms with Gasteiger partial charge in [0.1, 0.15) is 5.00 Å². The Bertz CT molecular complexity index is 890. The molecule has 0 unspecified atom stereocenters. The molecule has 0 saturated carbocycles. The molecular formula is C19H18Cl2N2O2S. The van der Waals surface area contributed by atoms with Gasteiger partial charge in [-0.1, -0.05) is 29.3 Å². The molecule has 136 valence electrons. The third-order valence-electron chi connectivity index (χ3n) is 4.24. The molecule has 0 aliphatic heterocycles. The van der Waals surface area contributed by atoms with Crippen molar-refractivity contribution in [2.24, 2.45) is 0 Å². The largest absolute Gasteiger partial charge is 0.355 e. The van der Waals surface area contributed by atoms with Gasteiger partial charge in [-0.2, -0.15) is 0 Å². The van der Waals surface area contributed by atoms with Crippen molar-refractivity contribution in [2.45, 2.75) is 25.7 Å². The molecule has 1 heterocycles. The summed E-state index contributed by atoms with van der Waals surface area (Å²) in [6.45, 7) is 0. The van der Waals surface area contributed by atoms with Crippen molar-refractivity contribution in [2.75, 3.05) is 12.4 Å². The second kappa shape index (κ2) is 8.25. The molecule has 2 amide bonds. The number of amides is 2. The Balaban J connectivity index is 1.82. The number of carbonyl (C=O) groups is 2. The fourth-order valence-corrected chi connectivity index (χ4v) is 4.74. The van der Waals surface area contributed by atoms with Gasteiger partial charge in [-0.15, -0.1) is 11.3 Å². The number of rotatable bonds is 4. The van der Waals surface area contributed by atoms with Crippen LogP contribution in [0.1, 0.15) is 39.2 Å². The molecule has 1 aliphatic rings. The molecule has 0 atom stereocenters. The minimum absolute atomic E-state index is 0.163. The number of halogens is 2. The van der Waals surface area contributed by atoms with Crippen LogP contribution in [-0.2, 0) is 17.6 Å². The van der Waals surface area contributed by atoms with Crippen molar-refractivity contribution >= 4 is 57.4 Å². The van der Waals surface area contributed by atoms with Gasteiger partial charge in [0.2, 0.25) is 5.91 Å². The van der Waals surface area contributed by atoms with Crippen LogP contribution >= 0.6 is 34.5 Å². The van der Waals surface area contributed by atoms with Crippen LogP contribution in [0.25, 0.3) is 6.08 Å². The van der Waals surface area contributed by atoms with Crippen molar-refractivity contribution in [3.63, 3.8) is 0 Å². The lowest BCUT2D eigenvalue weighted by Crippen LogP contribution is -2.21. The van der Waals surface area contributed by atoms with E-state index in [-0.39, 0.29) is 11.8 Å². The minimum Gasteiger partial charge on any atom is -0.355 e. The van der Waals surface area contributed by atoms with Crippen LogP contribution in [0.3, 0.4) is 0 Å². The summed E-state index contributed by atoms with van der Waals surface area (Å²) in [6, 6.07) is 5.08. The predicted molar refractivity (Wildman–Crippen MR) is 108 cm³/mol. The van der Waals surface area contributed by atoms with Gasteiger partial charge in [-0.25, -0.2) is 0 Å². The Morgan fingerprint density at radius 3 is 2.69 bits per heavy atom. The molecular weight excluding hydrogens is 391 g/mol. The summed E-state index contributed by atoms with van der Waals surface area (Å²) in [4.78, 5) is 25.8. The maximum absolute atomic E-state index is 12.3. The normalized spacial score (nSPS) is 13.5. The first-order chi connectivity index (χ1) is 12.5. The third-order valence-corrected chi connectivity index (χ3v) is 6.01. The number of aryl methyl sites for hydroxylation is 1. The minimum atomic E-state index is -0.306. The molecule has 0 bridgehead atoms. The first-order valence-corrected chi connectivity index (χ1v) is 9.87. The van der Waals surface area contributed by atoms with Crippen LogP contribution in [0.5, 0.6) is 0 Å². The molecule has 2 aromatic rings. The van der Waals surface area contributed by atoms with Crippen LogP contribution in [0, 0.1) is 0 Å². The molecule has 2 N–H and O–H groups in total. The number of benzene rings is 1. The summed E-state index contributed by atoms with van der Waals surface area (Å²) in [5.41, 5.74) is 2.36. The highest BCUT2D eigenvalue weighted by atomic mass is 35.5. The van der Waals surface area contributed by atoms with E-state index < -0.39 is 0 Å². The summed E-state index contributed by atoms with van der Waals surface area (Å²) in [7, 11) is 1.60. The van der Waals surface area contributed by atoms with E-state index in [0.717, 1.165) is 31.2 Å². The van der Waals surface area contributed by atoms with E-state index in [1.165, 1.54) is 22.3 Å². The smallest absolute Gasteiger partial charge is 0.254 e. The fourth-order valence-electron chi connectivity index (χ4n) is 2.97. The Morgan fingerprint density at radius 1 is 1.19 bits per heavy atom. The molecule has 3 rings (SSSR count). The van der Waals surface area contributed by atoms with Crippen LogP contribution in [0.4, 0.5) is 5.00 Å². The second-order valence-electron chi connectivity index (χ2n) is 5.98. The highest BCUT2D eigenvalue weighted by molar-refractivity contribution is 7.17. The number of nitrogens with one attached hydrogen (secondary N) is 2. The van der Waals surface area contributed by atoms with Gasteiger partial charge in [0.15, 0.2) is 0 Å². The van der Waals surface area contributed by atoms with Crippen LogP contribution in [0.2, 0.25) is 10.0 Å². The SMILES string of the molecule is CNC(=O)c1c(NC(=O)/C=C/c2ccc(Cl)cc2Cl)sc2c1CCCC2. The highest BCUT2D eigenvalue weighted by Crippen LogP contribution is 2.38. The third kappa shape index (κ3) is 4.11. The molecule has 0 spiro atoms. The Kier molecular flexibility index (Phi) is 6.01. The van der Waals surface area contributed by atoms with E-state index in [9.17, 15) is 9.59 Å². The lowest BCUT2D eigenvalue weighted by molar-refractivity contribution is -0.111. The predicted octanol–water partition coefficient (Wildman–Crippen LogP) is 4.95. The van der Waals surface area contributed by atoms with Gasteiger partial charge in [-0.05, 0) is 55.0 Å². The summed E-state index contributed by atoms with van der Waals surface area (Å²) < 4.78 is 0. The van der Waals surface area contributed by atoms with E-state index in [1.807, 2.05) is 0 Å². The number of thiophene rings is 1. The number of hydrogen-bond acceptors (Lipinski definition) is 3. The zero-order valence-corrected chi connectivity index (χ0v) is 16.5. The highest BCUT2D eigenvalue weighted by Gasteiger charge is 2.25. The first kappa shape index (κ1) is 19.0. The molecule has 26 heavy (non-hydrogen) atoms. The zero-order chi connectivity index (χ0) is 18.7. The molecule has 1 aromatic carbocycles. The van der Waals surface area contributed by atoms with E-state index in [0.29, 0.717) is 26.2 Å². The summed E-state index contributed by atoms with van der Waals surface area (Å²) in [6.07, 6.45) is 7.04. The average Bonchev–Trinajstić information content (AvgIpc) is 2.98. The van der Waals surface area contributed by atoms with Crippen molar-refractivity contribution in [1.29, 1.82) is 0 Å².